The Balaban J connectivity index is 2.25. The van der Waals surface area contributed by atoms with E-state index >= 15 is 0 Å². The van der Waals surface area contributed by atoms with Crippen molar-refractivity contribution >= 4 is 11.6 Å². The molecule has 0 saturated heterocycles. The second-order valence-corrected chi connectivity index (χ2v) is 4.09. The second-order valence-electron chi connectivity index (χ2n) is 3.75. The zero-order valence-electron chi connectivity index (χ0n) is 10.0. The van der Waals surface area contributed by atoms with Gasteiger partial charge in [0.25, 0.3) is 0 Å². The zero-order valence-corrected chi connectivity index (χ0v) is 10.8. The van der Waals surface area contributed by atoms with Crippen molar-refractivity contribution in [1.29, 1.82) is 0 Å². The van der Waals surface area contributed by atoms with Gasteiger partial charge in [0, 0.05) is 5.56 Å². The van der Waals surface area contributed by atoms with E-state index in [2.05, 4.69) is 5.43 Å². The second kappa shape index (κ2) is 5.91. The average Bonchev–Trinajstić information content (AvgIpc) is 2.79. The van der Waals surface area contributed by atoms with E-state index in [1.165, 1.54) is 6.26 Å². The standard InChI is InChI=1S/C13H15ClN2O2/c1-2-17-10-5-3-9(4-6-10)12(16-15)11-7-8-18-13(11)14/h3-8,12,16H,2,15H2,1H3. The summed E-state index contributed by atoms with van der Waals surface area (Å²) in [6.45, 7) is 2.59. The zero-order chi connectivity index (χ0) is 13.0. The van der Waals surface area contributed by atoms with Gasteiger partial charge in [-0.1, -0.05) is 12.1 Å². The summed E-state index contributed by atoms with van der Waals surface area (Å²) in [6.07, 6.45) is 1.54. The van der Waals surface area contributed by atoms with Crippen molar-refractivity contribution in [3.05, 3.63) is 52.9 Å². The van der Waals surface area contributed by atoms with Gasteiger partial charge in [-0.25, -0.2) is 5.43 Å². The Morgan fingerprint density at radius 1 is 1.33 bits per heavy atom. The van der Waals surface area contributed by atoms with Crippen molar-refractivity contribution in [2.45, 2.75) is 13.0 Å². The van der Waals surface area contributed by atoms with Crippen LogP contribution in [0.3, 0.4) is 0 Å². The number of furan rings is 1. The molecule has 1 heterocycles. The molecule has 4 nitrogen and oxygen atoms in total. The van der Waals surface area contributed by atoms with Gasteiger partial charge in [-0.3, -0.25) is 5.84 Å². The topological polar surface area (TPSA) is 60.4 Å². The number of halogens is 1. The maximum atomic E-state index is 5.96. The lowest BCUT2D eigenvalue weighted by Crippen LogP contribution is -2.28. The maximum absolute atomic E-state index is 5.96. The molecular weight excluding hydrogens is 252 g/mol. The van der Waals surface area contributed by atoms with E-state index in [1.54, 1.807) is 6.07 Å². The van der Waals surface area contributed by atoms with E-state index in [9.17, 15) is 0 Å². The molecule has 0 amide bonds. The number of nitrogens with two attached hydrogens (primary N) is 1. The molecule has 3 N–H and O–H groups in total. The Morgan fingerprint density at radius 3 is 2.56 bits per heavy atom. The molecule has 1 aromatic carbocycles. The van der Waals surface area contributed by atoms with Gasteiger partial charge >= 0.3 is 0 Å². The Bertz CT molecular complexity index is 496. The highest BCUT2D eigenvalue weighted by atomic mass is 35.5. The minimum atomic E-state index is -0.202. The summed E-state index contributed by atoms with van der Waals surface area (Å²) in [5, 5.41) is 0.340. The Labute approximate surface area is 111 Å². The van der Waals surface area contributed by atoms with Crippen molar-refractivity contribution in [3.63, 3.8) is 0 Å². The van der Waals surface area contributed by atoms with Gasteiger partial charge in [0.1, 0.15) is 5.75 Å². The highest BCUT2D eigenvalue weighted by molar-refractivity contribution is 6.29. The van der Waals surface area contributed by atoms with Gasteiger partial charge in [0.05, 0.1) is 18.9 Å². The van der Waals surface area contributed by atoms with Crippen molar-refractivity contribution in [2.75, 3.05) is 6.61 Å². The molecule has 0 saturated carbocycles. The summed E-state index contributed by atoms with van der Waals surface area (Å²) in [5.41, 5.74) is 4.53. The molecule has 2 rings (SSSR count). The number of hydrazine groups is 1. The van der Waals surface area contributed by atoms with Gasteiger partial charge < -0.3 is 9.15 Å². The largest absolute Gasteiger partial charge is 0.494 e. The summed E-state index contributed by atoms with van der Waals surface area (Å²) in [5.74, 6) is 6.41. The minimum absolute atomic E-state index is 0.202. The predicted molar refractivity (Wildman–Crippen MR) is 70.5 cm³/mol. The minimum Gasteiger partial charge on any atom is -0.494 e. The lowest BCUT2D eigenvalue weighted by Gasteiger charge is -2.15. The van der Waals surface area contributed by atoms with Crippen LogP contribution in [-0.4, -0.2) is 6.61 Å². The summed E-state index contributed by atoms with van der Waals surface area (Å²) in [4.78, 5) is 0. The molecule has 0 aliphatic heterocycles. The van der Waals surface area contributed by atoms with E-state index in [4.69, 9.17) is 26.6 Å². The van der Waals surface area contributed by atoms with E-state index < -0.39 is 0 Å². The van der Waals surface area contributed by atoms with Gasteiger partial charge in [-0.2, -0.15) is 0 Å². The molecule has 96 valence electrons. The Hall–Kier alpha value is -1.49. The first-order valence-corrected chi connectivity index (χ1v) is 6.05. The summed E-state index contributed by atoms with van der Waals surface area (Å²) < 4.78 is 10.5. The summed E-state index contributed by atoms with van der Waals surface area (Å²) >= 11 is 5.96. The third-order valence-electron chi connectivity index (χ3n) is 2.65. The molecule has 0 bridgehead atoms. The number of rotatable bonds is 5. The summed E-state index contributed by atoms with van der Waals surface area (Å²) in [7, 11) is 0. The first-order valence-electron chi connectivity index (χ1n) is 5.68. The molecule has 5 heteroatoms. The normalized spacial score (nSPS) is 12.4. The van der Waals surface area contributed by atoms with Gasteiger partial charge in [-0.15, -0.1) is 0 Å². The third kappa shape index (κ3) is 2.67. The molecule has 18 heavy (non-hydrogen) atoms. The predicted octanol–water partition coefficient (Wildman–Crippen LogP) is 2.88. The van der Waals surface area contributed by atoms with E-state index in [0.717, 1.165) is 16.9 Å². The lowest BCUT2D eigenvalue weighted by atomic mass is 10.0. The molecule has 1 unspecified atom stereocenters. The number of hydrogen-bond acceptors (Lipinski definition) is 4. The molecule has 1 aromatic heterocycles. The first-order chi connectivity index (χ1) is 8.76. The lowest BCUT2D eigenvalue weighted by molar-refractivity contribution is 0.340. The molecule has 0 spiro atoms. The van der Waals surface area contributed by atoms with Crippen LogP contribution >= 0.6 is 11.6 Å². The van der Waals surface area contributed by atoms with Crippen LogP contribution in [0.4, 0.5) is 0 Å². The molecule has 0 radical (unpaired) electrons. The van der Waals surface area contributed by atoms with Crippen LogP contribution in [0.1, 0.15) is 24.1 Å². The monoisotopic (exact) mass is 266 g/mol. The van der Waals surface area contributed by atoms with E-state index in [-0.39, 0.29) is 6.04 Å². The van der Waals surface area contributed by atoms with Crippen LogP contribution in [0.2, 0.25) is 5.22 Å². The van der Waals surface area contributed by atoms with Crippen LogP contribution in [0.5, 0.6) is 5.75 Å². The molecule has 0 fully saturated rings. The Morgan fingerprint density at radius 2 is 2.06 bits per heavy atom. The van der Waals surface area contributed by atoms with E-state index in [1.807, 2.05) is 31.2 Å². The summed E-state index contributed by atoms with van der Waals surface area (Å²) in [6, 6.07) is 9.28. The van der Waals surface area contributed by atoms with Crippen LogP contribution in [0.15, 0.2) is 41.0 Å². The van der Waals surface area contributed by atoms with Crippen molar-refractivity contribution in [3.8, 4) is 5.75 Å². The quantitative estimate of drug-likeness (QED) is 0.645. The SMILES string of the molecule is CCOc1ccc(C(NN)c2ccoc2Cl)cc1. The highest BCUT2D eigenvalue weighted by Crippen LogP contribution is 2.29. The fraction of sp³-hybridized carbons (Fsp3) is 0.231. The van der Waals surface area contributed by atoms with Gasteiger partial charge in [0.2, 0.25) is 0 Å². The number of hydrogen-bond donors (Lipinski definition) is 2. The van der Waals surface area contributed by atoms with Crippen molar-refractivity contribution < 1.29 is 9.15 Å². The van der Waals surface area contributed by atoms with Crippen LogP contribution in [-0.2, 0) is 0 Å². The molecule has 0 aliphatic carbocycles. The molecule has 0 aliphatic rings. The molecular formula is C13H15ClN2O2. The fourth-order valence-electron chi connectivity index (χ4n) is 1.80. The van der Waals surface area contributed by atoms with Crippen LogP contribution < -0.4 is 16.0 Å². The molecule has 2 aromatic rings. The highest BCUT2D eigenvalue weighted by Gasteiger charge is 2.17. The maximum Gasteiger partial charge on any atom is 0.198 e. The van der Waals surface area contributed by atoms with Crippen molar-refractivity contribution in [1.82, 2.24) is 5.43 Å². The van der Waals surface area contributed by atoms with Gasteiger partial charge in [0.15, 0.2) is 5.22 Å². The van der Waals surface area contributed by atoms with E-state index in [0.29, 0.717) is 11.8 Å². The smallest absolute Gasteiger partial charge is 0.198 e. The van der Waals surface area contributed by atoms with Crippen molar-refractivity contribution in [2.24, 2.45) is 5.84 Å². The average molecular weight is 267 g/mol. The number of ether oxygens (including phenoxy) is 1. The van der Waals surface area contributed by atoms with Crippen LogP contribution in [0.25, 0.3) is 0 Å². The van der Waals surface area contributed by atoms with Gasteiger partial charge in [-0.05, 0) is 42.3 Å². The number of nitrogens with one attached hydrogen (secondary N) is 1. The Kier molecular flexibility index (Phi) is 4.25. The first kappa shape index (κ1) is 13.0. The molecule has 1 atom stereocenters. The third-order valence-corrected chi connectivity index (χ3v) is 2.96. The fourth-order valence-corrected chi connectivity index (χ4v) is 2.02. The van der Waals surface area contributed by atoms with Crippen LogP contribution in [0, 0.1) is 0 Å². The number of benzene rings is 1.